The Balaban J connectivity index is 0.000000229. The molecular formula is C85H99AlCl5N3O20S6. The second kappa shape index (κ2) is 43.6. The SMILES string of the molecule is C.C.C.C.CC1Cc2ccccc2C1.COc1ccc(S(=O)(=O)Cl)cc1.COc1ccc(S(=O)(=O)N2c3ccc(S(=O)(=O)c4ccc5c(c4)OCCO5)cc3CC2C)cc1.COc1ccc(S(=O)(=O)N2c3ccccc3CC2C)cc1.COc1ccc(S(=O)(=O)N2c3ccccc3CC2C)cc1.O=S(=O)(Cl)c1ccc2c(c1)OCCO2.[Cl][Al]([Cl])[Cl]. The number of halogens is 5. The highest BCUT2D eigenvalue weighted by atomic mass is 35.8. The lowest BCUT2D eigenvalue weighted by molar-refractivity contribution is 0.171. The molecule has 35 heteroatoms. The van der Waals surface area contributed by atoms with Crippen LogP contribution in [0.3, 0.4) is 0 Å². The minimum atomic E-state index is -3.84. The van der Waals surface area contributed by atoms with Gasteiger partial charge in [-0.3, -0.25) is 12.9 Å². The highest BCUT2D eigenvalue weighted by molar-refractivity contribution is 8.14. The molecule has 1 aliphatic carbocycles. The molecule has 3 unspecified atom stereocenters. The van der Waals surface area contributed by atoms with E-state index in [0.717, 1.165) is 41.3 Å². The fourth-order valence-corrected chi connectivity index (χ4v) is 21.5. The van der Waals surface area contributed by atoms with Gasteiger partial charge in [0.25, 0.3) is 48.2 Å². The largest absolute Gasteiger partial charge is 0.643 e. The Morgan fingerprint density at radius 3 is 0.900 bits per heavy atom. The van der Waals surface area contributed by atoms with E-state index < -0.39 is 69.4 Å². The molecule has 10 aromatic carbocycles. The number of hydrogen-bond donors (Lipinski definition) is 0. The van der Waals surface area contributed by atoms with E-state index in [1.165, 1.54) is 113 Å². The predicted molar refractivity (Wildman–Crippen MR) is 479 cm³/mol. The average Bonchev–Trinajstić information content (AvgIpc) is 1.59. The van der Waals surface area contributed by atoms with E-state index in [4.69, 9.17) is 89.4 Å². The third kappa shape index (κ3) is 24.6. The third-order valence-electron chi connectivity index (χ3n) is 18.9. The second-order valence-electron chi connectivity index (χ2n) is 26.8. The molecule has 0 radical (unpaired) electrons. The van der Waals surface area contributed by atoms with Gasteiger partial charge in [-0.1, -0.05) is 97.3 Å². The van der Waals surface area contributed by atoms with Crippen LogP contribution in [0.25, 0.3) is 0 Å². The molecule has 5 aliphatic heterocycles. The minimum Gasteiger partial charge on any atom is -0.497 e. The first-order valence-electron chi connectivity index (χ1n) is 35.9. The number of sulfone groups is 1. The van der Waals surface area contributed by atoms with Crippen molar-refractivity contribution in [2.45, 2.75) is 142 Å². The van der Waals surface area contributed by atoms with Crippen molar-refractivity contribution < 1.29 is 88.4 Å². The summed E-state index contributed by atoms with van der Waals surface area (Å²) in [5, 5.41) is 0. The van der Waals surface area contributed by atoms with Crippen LogP contribution in [0.4, 0.5) is 17.1 Å². The molecule has 0 saturated heterocycles. The zero-order valence-corrected chi connectivity index (χ0v) is 73.8. The highest BCUT2D eigenvalue weighted by Crippen LogP contribution is 2.43. The van der Waals surface area contributed by atoms with Gasteiger partial charge in [0.2, 0.25) is 9.84 Å². The van der Waals surface area contributed by atoms with Gasteiger partial charge in [0.05, 0.1) is 79.8 Å². The van der Waals surface area contributed by atoms with Gasteiger partial charge in [0.15, 0.2) is 23.0 Å². The number of benzene rings is 10. The number of nitrogens with zero attached hydrogens (tertiary/aromatic N) is 3. The van der Waals surface area contributed by atoms with E-state index in [1.54, 1.807) is 111 Å². The average molecular weight is 1880 g/mol. The zero-order valence-electron chi connectivity index (χ0n) is 64.0. The maximum Gasteiger partial charge on any atom is 0.643 e. The number of ether oxygens (including phenoxy) is 8. The van der Waals surface area contributed by atoms with Gasteiger partial charge in [-0.15, -0.1) is 0 Å². The van der Waals surface area contributed by atoms with E-state index in [0.29, 0.717) is 90.1 Å². The third-order valence-corrected chi connectivity index (χ3v) is 29.2. The number of sulfonamides is 3. The van der Waals surface area contributed by atoms with Crippen LogP contribution in [0.2, 0.25) is 0 Å². The number of rotatable bonds is 14. The van der Waals surface area contributed by atoms with Gasteiger partial charge >= 0.3 is 11.4 Å². The summed E-state index contributed by atoms with van der Waals surface area (Å²) in [5.74, 6) is 5.16. The van der Waals surface area contributed by atoms with E-state index >= 15 is 0 Å². The molecule has 3 atom stereocenters. The molecule has 5 heterocycles. The smallest absolute Gasteiger partial charge is 0.497 e. The lowest BCUT2D eigenvalue weighted by atomic mass is 10.1. The van der Waals surface area contributed by atoms with Gasteiger partial charge < -0.3 is 37.9 Å². The maximum atomic E-state index is 13.4. The number of anilines is 3. The summed E-state index contributed by atoms with van der Waals surface area (Å²) < 4.78 is 194. The maximum absolute atomic E-state index is 13.4. The number of fused-ring (bicyclic) bond motifs is 6. The van der Waals surface area contributed by atoms with Crippen molar-refractivity contribution in [3.05, 3.63) is 252 Å². The Morgan fingerprint density at radius 1 is 0.308 bits per heavy atom. The van der Waals surface area contributed by atoms with Crippen LogP contribution in [-0.4, -0.2) is 135 Å². The Morgan fingerprint density at radius 2 is 0.567 bits per heavy atom. The molecule has 648 valence electrons. The fourth-order valence-electron chi connectivity index (χ4n) is 13.5. The van der Waals surface area contributed by atoms with Gasteiger partial charge in [-0.2, -0.15) is 0 Å². The summed E-state index contributed by atoms with van der Waals surface area (Å²) >= 11 is -1.72. The van der Waals surface area contributed by atoms with Crippen molar-refractivity contribution in [2.24, 2.45) is 5.92 Å². The van der Waals surface area contributed by atoms with Gasteiger partial charge in [0, 0.05) is 51.6 Å². The fraction of sp³-hybridized carbons (Fsp3) is 0.294. The molecule has 6 aliphatic rings. The Kier molecular flexibility index (Phi) is 36.5. The molecule has 0 N–H and O–H groups in total. The van der Waals surface area contributed by atoms with Crippen molar-refractivity contribution in [3.63, 3.8) is 0 Å². The molecule has 0 saturated carbocycles. The zero-order chi connectivity index (χ0) is 84.1. The lowest BCUT2D eigenvalue weighted by Gasteiger charge is -2.24. The number of methoxy groups -OCH3 is 4. The van der Waals surface area contributed by atoms with Crippen molar-refractivity contribution in [1.82, 2.24) is 0 Å². The van der Waals surface area contributed by atoms with Crippen LogP contribution >= 0.6 is 51.5 Å². The van der Waals surface area contributed by atoms with E-state index in [9.17, 15) is 50.5 Å². The first-order chi connectivity index (χ1) is 55.0. The summed E-state index contributed by atoms with van der Waals surface area (Å²) in [5.41, 5.74) is 7.96. The standard InChI is InChI=1S/C24H23NO7S2.2C16H17NO3S.C10H12.C8H7ClO4S.C7H7ClO3S.4CH4.Al.3ClH/c1-16-13-17-14-20(33(26,27)21-8-10-23-24(15-21)32-12-11-31-23)7-9-22(17)25(16)34(28,29)19-5-3-18(30-2)4-6-19;2*1-12-11-13-5-3-4-6-16(13)17(12)21(18,19)15-9-7-14(20-2)8-10-15;1-8-6-9-4-2-3-5-10(9)7-8;9-14(10,11)6-1-2-7-8(5-6)13-4-3-12-7;1-11-6-2-4-7(5-3-6)12(8,9)10;;;;;;;;/h3-10,14-16H,11-13H2,1-2H3;2*3-10,12H,11H2,1-2H3;2-5,8H,6-7H2,1H3;1-2,5H,3-4H2;2-5H,1H3;4*1H4;;3*1H/q;;;;;;;;;;+3;;;/p-3. The van der Waals surface area contributed by atoms with Crippen molar-refractivity contribution in [1.29, 1.82) is 0 Å². The Hall–Kier alpha value is -8.32. The molecule has 16 rings (SSSR count). The second-order valence-corrected chi connectivity index (χ2v) is 45.8. The summed E-state index contributed by atoms with van der Waals surface area (Å²) in [7, 11) is 9.14. The molecule has 0 amide bonds. The first-order valence-corrected chi connectivity index (χ1v) is 51.6. The first kappa shape index (κ1) is 100. The van der Waals surface area contributed by atoms with E-state index in [2.05, 4.69) is 31.2 Å². The summed E-state index contributed by atoms with van der Waals surface area (Å²) in [6, 6.07) is 62.0. The molecular weight excluding hydrogens is 1780 g/mol. The highest BCUT2D eigenvalue weighted by Gasteiger charge is 2.40. The Labute approximate surface area is 733 Å². The van der Waals surface area contributed by atoms with Crippen LogP contribution in [0.15, 0.2) is 259 Å². The number of hydrogen-bond acceptors (Lipinski definition) is 20. The van der Waals surface area contributed by atoms with Crippen LogP contribution in [0.5, 0.6) is 46.0 Å². The summed E-state index contributed by atoms with van der Waals surface area (Å²) in [6.07, 6.45) is 4.46. The predicted octanol–water partition coefficient (Wildman–Crippen LogP) is 18.8. The topological polar surface area (TPSA) is 288 Å². The van der Waals surface area contributed by atoms with Crippen molar-refractivity contribution in [2.75, 3.05) is 67.8 Å². The summed E-state index contributed by atoms with van der Waals surface area (Å²) in [6.45, 7) is 9.64. The van der Waals surface area contributed by atoms with Gasteiger partial charge in [0.1, 0.15) is 49.4 Å². The van der Waals surface area contributed by atoms with Gasteiger partial charge in [-0.25, -0.2) is 80.7 Å². The molecule has 0 bridgehead atoms. The van der Waals surface area contributed by atoms with E-state index in [1.807, 2.05) is 62.4 Å². The van der Waals surface area contributed by atoms with Gasteiger partial charge in [-0.05, 0) is 238 Å². The molecule has 0 spiro atoms. The monoisotopic (exact) mass is 1880 g/mol. The minimum absolute atomic E-state index is 0. The molecule has 120 heavy (non-hydrogen) atoms. The van der Waals surface area contributed by atoms with Crippen LogP contribution in [-0.2, 0) is 90.1 Å². The summed E-state index contributed by atoms with van der Waals surface area (Å²) in [4.78, 5) is 0.984. The van der Waals surface area contributed by atoms with E-state index in [-0.39, 0.29) is 82.1 Å². The molecule has 0 fully saturated rings. The van der Waals surface area contributed by atoms with Crippen LogP contribution < -0.4 is 50.8 Å². The molecule has 10 aromatic rings. The lowest BCUT2D eigenvalue weighted by Crippen LogP contribution is -2.35. The van der Waals surface area contributed by atoms with Crippen molar-refractivity contribution in [3.8, 4) is 46.0 Å². The Bertz CT molecular complexity index is 5680. The molecule has 23 nitrogen and oxygen atoms in total. The quantitative estimate of drug-likeness (QED) is 0.0722. The molecule has 0 aromatic heterocycles. The number of para-hydroxylation sites is 2. The van der Waals surface area contributed by atoms with Crippen LogP contribution in [0, 0.1) is 5.92 Å². The van der Waals surface area contributed by atoms with Crippen molar-refractivity contribution >= 4 is 138 Å². The van der Waals surface area contributed by atoms with Crippen LogP contribution in [0.1, 0.15) is 85.2 Å². The normalized spacial score (nSPS) is 15.6.